The molecular weight excluding hydrogens is 158 g/mol. The van der Waals surface area contributed by atoms with Crippen LogP contribution in [0.3, 0.4) is 0 Å². The van der Waals surface area contributed by atoms with E-state index < -0.39 is 10.3 Å². The molecule has 0 aromatic rings. The van der Waals surface area contributed by atoms with Gasteiger partial charge in [-0.3, -0.25) is 4.79 Å². The molecule has 0 radical (unpaired) electrons. The highest BCUT2D eigenvalue weighted by Gasteiger charge is 2.05. The van der Waals surface area contributed by atoms with Gasteiger partial charge in [0.2, 0.25) is 6.41 Å². The van der Waals surface area contributed by atoms with Gasteiger partial charge in [0, 0.05) is 0 Å². The number of hydrogen-bond donors (Lipinski definition) is 1. The third kappa shape index (κ3) is 4.04. The Bertz CT molecular complexity index is 207. The second kappa shape index (κ2) is 4.02. The van der Waals surface area contributed by atoms with Crippen molar-refractivity contribution in [2.24, 2.45) is 0 Å². The maximum Gasteiger partial charge on any atom is 0.362 e. The van der Waals surface area contributed by atoms with E-state index in [1.807, 2.05) is 0 Å². The molecular formula is C4H7NO4S. The minimum atomic E-state index is -3.88. The largest absolute Gasteiger partial charge is 0.362 e. The van der Waals surface area contributed by atoms with E-state index in [2.05, 4.69) is 10.8 Å². The van der Waals surface area contributed by atoms with Crippen LogP contribution in [-0.4, -0.2) is 21.4 Å². The third-order valence-electron chi connectivity index (χ3n) is 0.533. The highest BCUT2D eigenvalue weighted by Crippen LogP contribution is 1.84. The summed E-state index contributed by atoms with van der Waals surface area (Å²) < 4.78 is 26.4. The summed E-state index contributed by atoms with van der Waals surface area (Å²) >= 11 is 0. The first kappa shape index (κ1) is 9.12. The van der Waals surface area contributed by atoms with Crippen LogP contribution < -0.4 is 4.72 Å². The van der Waals surface area contributed by atoms with Crippen molar-refractivity contribution in [3.63, 3.8) is 0 Å². The number of hydrogen-bond acceptors (Lipinski definition) is 4. The molecule has 58 valence electrons. The molecule has 0 rings (SSSR count). The highest BCUT2D eigenvalue weighted by atomic mass is 32.2. The van der Waals surface area contributed by atoms with Crippen LogP contribution in [0.5, 0.6) is 0 Å². The average Bonchev–Trinajstić information content (AvgIpc) is 1.84. The molecule has 0 saturated carbocycles. The molecule has 10 heavy (non-hydrogen) atoms. The number of carbonyl (C=O) groups is 1. The van der Waals surface area contributed by atoms with Gasteiger partial charge < -0.3 is 0 Å². The average molecular weight is 165 g/mol. The Labute approximate surface area is 58.9 Å². The van der Waals surface area contributed by atoms with E-state index in [-0.39, 0.29) is 13.0 Å². The fourth-order valence-electron chi connectivity index (χ4n) is 0.231. The van der Waals surface area contributed by atoms with Crippen LogP contribution in [-0.2, 0) is 19.3 Å². The summed E-state index contributed by atoms with van der Waals surface area (Å²) in [4.78, 5) is 9.59. The van der Waals surface area contributed by atoms with E-state index in [4.69, 9.17) is 0 Å². The second-order valence-electron chi connectivity index (χ2n) is 1.26. The molecule has 0 atom stereocenters. The Kier molecular flexibility index (Phi) is 3.67. The Morgan fingerprint density at radius 3 is 2.60 bits per heavy atom. The van der Waals surface area contributed by atoms with Gasteiger partial charge in [-0.05, 0) is 0 Å². The molecule has 0 aromatic carbocycles. The molecule has 1 N–H and O–H groups in total. The normalized spacial score (nSPS) is 10.4. The molecule has 0 unspecified atom stereocenters. The third-order valence-corrected chi connectivity index (χ3v) is 1.36. The fourth-order valence-corrected chi connectivity index (χ4v) is 0.692. The maximum absolute atomic E-state index is 10.4. The number of rotatable bonds is 5. The van der Waals surface area contributed by atoms with Gasteiger partial charge in [0.1, 0.15) is 0 Å². The standard InChI is InChI=1S/C4H7NO4S/c1-2-3-9-10(7,8)5-4-6/h2,4H,1,3H2,(H,5,6). The van der Waals surface area contributed by atoms with Crippen LogP contribution in [0.2, 0.25) is 0 Å². The van der Waals surface area contributed by atoms with Gasteiger partial charge in [-0.25, -0.2) is 8.91 Å². The van der Waals surface area contributed by atoms with Crippen molar-refractivity contribution in [3.8, 4) is 0 Å². The summed E-state index contributed by atoms with van der Waals surface area (Å²) in [5, 5.41) is 0. The molecule has 1 amide bonds. The van der Waals surface area contributed by atoms with Crippen molar-refractivity contribution in [1.82, 2.24) is 4.72 Å². The van der Waals surface area contributed by atoms with Gasteiger partial charge >= 0.3 is 10.3 Å². The molecule has 0 spiro atoms. The van der Waals surface area contributed by atoms with Crippen molar-refractivity contribution in [2.75, 3.05) is 6.61 Å². The fraction of sp³-hybridized carbons (Fsp3) is 0.250. The summed E-state index contributed by atoms with van der Waals surface area (Å²) in [6, 6.07) is 0. The molecule has 0 aliphatic heterocycles. The van der Waals surface area contributed by atoms with E-state index >= 15 is 0 Å². The molecule has 0 bridgehead atoms. The Morgan fingerprint density at radius 2 is 2.20 bits per heavy atom. The van der Waals surface area contributed by atoms with Gasteiger partial charge in [-0.15, -0.1) is 6.58 Å². The van der Waals surface area contributed by atoms with Gasteiger partial charge in [-0.2, -0.15) is 8.42 Å². The van der Waals surface area contributed by atoms with Crippen LogP contribution in [0.25, 0.3) is 0 Å². The topological polar surface area (TPSA) is 72.5 Å². The zero-order valence-corrected chi connectivity index (χ0v) is 5.93. The predicted molar refractivity (Wildman–Crippen MR) is 34.3 cm³/mol. The number of amides is 1. The summed E-state index contributed by atoms with van der Waals surface area (Å²) in [7, 11) is -3.88. The Hall–Kier alpha value is -0.880. The van der Waals surface area contributed by atoms with Crippen molar-refractivity contribution < 1.29 is 17.4 Å². The van der Waals surface area contributed by atoms with Crippen LogP contribution in [0.4, 0.5) is 0 Å². The first-order valence-corrected chi connectivity index (χ1v) is 3.74. The van der Waals surface area contributed by atoms with Crippen LogP contribution in [0, 0.1) is 0 Å². The number of nitrogens with one attached hydrogen (secondary N) is 1. The Morgan fingerprint density at radius 1 is 1.60 bits per heavy atom. The zero-order valence-electron chi connectivity index (χ0n) is 5.11. The molecule has 0 aliphatic carbocycles. The lowest BCUT2D eigenvalue weighted by Crippen LogP contribution is -2.24. The van der Waals surface area contributed by atoms with Gasteiger partial charge in [0.05, 0.1) is 6.61 Å². The van der Waals surface area contributed by atoms with E-state index in [0.717, 1.165) is 0 Å². The molecule has 0 aromatic heterocycles. The summed E-state index contributed by atoms with van der Waals surface area (Å²) in [5.41, 5.74) is 0. The number of carbonyl (C=O) groups excluding carboxylic acids is 1. The predicted octanol–water partition coefficient (Wildman–Crippen LogP) is -0.820. The summed E-state index contributed by atoms with van der Waals surface area (Å²) in [6.45, 7) is 3.07. The molecule has 0 saturated heterocycles. The minimum Gasteiger partial charge on any atom is -0.278 e. The van der Waals surface area contributed by atoms with Crippen molar-refractivity contribution in [1.29, 1.82) is 0 Å². The lowest BCUT2D eigenvalue weighted by Gasteiger charge is -1.98. The highest BCUT2D eigenvalue weighted by molar-refractivity contribution is 7.85. The van der Waals surface area contributed by atoms with Crippen LogP contribution in [0.1, 0.15) is 0 Å². The first-order valence-electron chi connectivity index (χ1n) is 2.33. The molecule has 0 fully saturated rings. The van der Waals surface area contributed by atoms with Gasteiger partial charge in [0.25, 0.3) is 0 Å². The first-order chi connectivity index (χ1) is 4.62. The lowest BCUT2D eigenvalue weighted by atomic mass is 10.7. The lowest BCUT2D eigenvalue weighted by molar-refractivity contribution is -0.108. The van der Waals surface area contributed by atoms with Crippen LogP contribution >= 0.6 is 0 Å². The zero-order chi connectivity index (χ0) is 8.04. The van der Waals surface area contributed by atoms with Gasteiger partial charge in [-0.1, -0.05) is 6.08 Å². The van der Waals surface area contributed by atoms with E-state index in [1.54, 1.807) is 0 Å². The summed E-state index contributed by atoms with van der Waals surface area (Å²) in [6.07, 6.45) is 1.28. The quantitative estimate of drug-likeness (QED) is 0.426. The van der Waals surface area contributed by atoms with Crippen molar-refractivity contribution in [2.45, 2.75) is 0 Å². The van der Waals surface area contributed by atoms with E-state index in [1.165, 1.54) is 10.8 Å². The minimum absolute atomic E-state index is 0.0262. The van der Waals surface area contributed by atoms with Crippen molar-refractivity contribution >= 4 is 16.7 Å². The molecule has 6 heteroatoms. The molecule has 0 aliphatic rings. The SMILES string of the molecule is C=CCOS(=O)(=O)NC=O. The van der Waals surface area contributed by atoms with Crippen molar-refractivity contribution in [3.05, 3.63) is 12.7 Å². The maximum atomic E-state index is 10.4. The molecule has 5 nitrogen and oxygen atoms in total. The monoisotopic (exact) mass is 165 g/mol. The Balaban J connectivity index is 3.87. The summed E-state index contributed by atoms with van der Waals surface area (Å²) in [5.74, 6) is 0. The molecule has 0 heterocycles. The van der Waals surface area contributed by atoms with Crippen LogP contribution in [0.15, 0.2) is 12.7 Å². The second-order valence-corrected chi connectivity index (χ2v) is 2.64. The van der Waals surface area contributed by atoms with E-state index in [0.29, 0.717) is 0 Å². The smallest absolute Gasteiger partial charge is 0.278 e. The van der Waals surface area contributed by atoms with Gasteiger partial charge in [0.15, 0.2) is 0 Å². The van der Waals surface area contributed by atoms with E-state index in [9.17, 15) is 13.2 Å².